The fourth-order valence-corrected chi connectivity index (χ4v) is 2.68. The largest absolute Gasteiger partial charge is 0.389 e. The van der Waals surface area contributed by atoms with Crippen LogP contribution in [0.4, 0.5) is 5.69 Å². The van der Waals surface area contributed by atoms with E-state index in [2.05, 4.69) is 21.2 Å². The van der Waals surface area contributed by atoms with Crippen molar-refractivity contribution in [2.24, 2.45) is 0 Å². The van der Waals surface area contributed by atoms with Crippen LogP contribution < -0.4 is 5.32 Å². The maximum Gasteiger partial charge on any atom is 0.238 e. The van der Waals surface area contributed by atoms with Gasteiger partial charge in [-0.15, -0.1) is 0 Å². The van der Waals surface area contributed by atoms with Gasteiger partial charge in [-0.2, -0.15) is 0 Å². The predicted octanol–water partition coefficient (Wildman–Crippen LogP) is 0.733. The molecule has 2 atom stereocenters. The third-order valence-corrected chi connectivity index (χ3v) is 3.76. The summed E-state index contributed by atoms with van der Waals surface area (Å²) in [5.41, 5.74) is 1.83. The highest BCUT2D eigenvalue weighted by Crippen LogP contribution is 2.23. The van der Waals surface area contributed by atoms with Gasteiger partial charge in [0.1, 0.15) is 0 Å². The van der Waals surface area contributed by atoms with Crippen LogP contribution in [0, 0.1) is 6.92 Å². The summed E-state index contributed by atoms with van der Waals surface area (Å²) in [5.74, 6) is -0.161. The highest BCUT2D eigenvalue weighted by Gasteiger charge is 2.30. The summed E-state index contributed by atoms with van der Waals surface area (Å²) in [6, 6.07) is 5.69. The summed E-state index contributed by atoms with van der Waals surface area (Å²) < 4.78 is 0.836. The molecule has 2 rings (SSSR count). The lowest BCUT2D eigenvalue weighted by Gasteiger charge is -2.15. The summed E-state index contributed by atoms with van der Waals surface area (Å²) in [4.78, 5) is 13.6. The average Bonchev–Trinajstić information content (AvgIpc) is 2.62. The van der Waals surface area contributed by atoms with E-state index in [-0.39, 0.29) is 12.5 Å². The van der Waals surface area contributed by atoms with Gasteiger partial charge < -0.3 is 15.5 Å². The van der Waals surface area contributed by atoms with Gasteiger partial charge in [0, 0.05) is 17.6 Å². The molecule has 1 aromatic rings. The normalized spacial score (nSPS) is 23.6. The molecule has 1 saturated heterocycles. The van der Waals surface area contributed by atoms with Crippen molar-refractivity contribution >= 4 is 27.5 Å². The number of amides is 1. The summed E-state index contributed by atoms with van der Waals surface area (Å²) in [5, 5.41) is 21.6. The minimum absolute atomic E-state index is 0.161. The topological polar surface area (TPSA) is 72.8 Å². The Kier molecular flexibility index (Phi) is 4.57. The zero-order chi connectivity index (χ0) is 14.0. The van der Waals surface area contributed by atoms with Crippen LogP contribution in [-0.2, 0) is 4.79 Å². The van der Waals surface area contributed by atoms with Crippen molar-refractivity contribution in [3.05, 3.63) is 28.2 Å². The minimum Gasteiger partial charge on any atom is -0.389 e. The van der Waals surface area contributed by atoms with Crippen LogP contribution in [-0.4, -0.2) is 52.9 Å². The molecule has 3 N–H and O–H groups in total. The number of halogens is 1. The number of aliphatic hydroxyl groups excluding tert-OH is 2. The molecule has 0 aromatic heterocycles. The second kappa shape index (κ2) is 6.00. The number of β-amino-alcohol motifs (C(OH)–C–C–N with tert-alkyl or cyclic N) is 2. The molecule has 5 nitrogen and oxygen atoms in total. The number of hydrogen-bond acceptors (Lipinski definition) is 4. The van der Waals surface area contributed by atoms with E-state index in [1.54, 1.807) is 4.90 Å². The van der Waals surface area contributed by atoms with Crippen molar-refractivity contribution in [3.8, 4) is 0 Å². The Labute approximate surface area is 120 Å². The molecule has 0 aliphatic carbocycles. The lowest BCUT2D eigenvalue weighted by atomic mass is 10.2. The van der Waals surface area contributed by atoms with E-state index in [0.29, 0.717) is 13.1 Å². The number of carbonyl (C=O) groups excluding carboxylic acids is 1. The van der Waals surface area contributed by atoms with Crippen molar-refractivity contribution < 1.29 is 15.0 Å². The Morgan fingerprint density at radius 1 is 1.42 bits per heavy atom. The smallest absolute Gasteiger partial charge is 0.238 e. The van der Waals surface area contributed by atoms with Crippen molar-refractivity contribution in [2.75, 3.05) is 25.0 Å². The van der Waals surface area contributed by atoms with E-state index in [1.807, 2.05) is 25.1 Å². The summed E-state index contributed by atoms with van der Waals surface area (Å²) in [6.45, 7) is 2.78. The van der Waals surface area contributed by atoms with Crippen molar-refractivity contribution in [2.45, 2.75) is 19.1 Å². The summed E-state index contributed by atoms with van der Waals surface area (Å²) in [7, 11) is 0. The van der Waals surface area contributed by atoms with E-state index in [9.17, 15) is 15.0 Å². The van der Waals surface area contributed by atoms with Gasteiger partial charge in [0.2, 0.25) is 5.91 Å². The molecule has 0 spiro atoms. The molecule has 1 aliphatic heterocycles. The first-order chi connectivity index (χ1) is 8.95. The number of benzene rings is 1. The number of likely N-dealkylation sites (tertiary alicyclic amines) is 1. The van der Waals surface area contributed by atoms with Gasteiger partial charge in [0.05, 0.1) is 24.4 Å². The van der Waals surface area contributed by atoms with Gasteiger partial charge in [-0.3, -0.25) is 9.69 Å². The van der Waals surface area contributed by atoms with Crippen molar-refractivity contribution in [1.29, 1.82) is 0 Å². The SMILES string of the molecule is Cc1ccc(NC(=O)CN2C[C@@H](O)[C@@H](O)C2)c(Br)c1. The zero-order valence-electron chi connectivity index (χ0n) is 10.6. The van der Waals surface area contributed by atoms with Gasteiger partial charge in [-0.05, 0) is 40.5 Å². The Morgan fingerprint density at radius 2 is 2.05 bits per heavy atom. The van der Waals surface area contributed by atoms with E-state index in [1.165, 1.54) is 0 Å². The van der Waals surface area contributed by atoms with Crippen LogP contribution in [0.1, 0.15) is 5.56 Å². The van der Waals surface area contributed by atoms with E-state index in [0.717, 1.165) is 15.7 Å². The average molecular weight is 329 g/mol. The third kappa shape index (κ3) is 3.76. The van der Waals surface area contributed by atoms with Crippen LogP contribution in [0.5, 0.6) is 0 Å². The van der Waals surface area contributed by atoms with E-state index >= 15 is 0 Å². The number of rotatable bonds is 3. The molecule has 0 radical (unpaired) electrons. The molecular formula is C13H17BrN2O3. The fraction of sp³-hybridized carbons (Fsp3) is 0.462. The van der Waals surface area contributed by atoms with Crippen molar-refractivity contribution in [3.63, 3.8) is 0 Å². The van der Waals surface area contributed by atoms with Gasteiger partial charge in [-0.1, -0.05) is 6.07 Å². The van der Waals surface area contributed by atoms with Gasteiger partial charge in [0.25, 0.3) is 0 Å². The molecular weight excluding hydrogens is 312 g/mol. The number of aryl methyl sites for hydroxylation is 1. The first kappa shape index (κ1) is 14.5. The number of carbonyl (C=O) groups is 1. The minimum atomic E-state index is -0.765. The van der Waals surface area contributed by atoms with Crippen LogP contribution in [0.3, 0.4) is 0 Å². The lowest BCUT2D eigenvalue weighted by Crippen LogP contribution is -2.32. The molecule has 19 heavy (non-hydrogen) atoms. The predicted molar refractivity (Wildman–Crippen MR) is 76.0 cm³/mol. The summed E-state index contributed by atoms with van der Waals surface area (Å²) >= 11 is 3.40. The quantitative estimate of drug-likeness (QED) is 0.765. The molecule has 0 saturated carbocycles. The van der Waals surface area contributed by atoms with Crippen LogP contribution in [0.15, 0.2) is 22.7 Å². The Hall–Kier alpha value is -0.950. The number of anilines is 1. The molecule has 0 bridgehead atoms. The lowest BCUT2D eigenvalue weighted by molar-refractivity contribution is -0.117. The summed E-state index contributed by atoms with van der Waals surface area (Å²) in [6.07, 6.45) is -1.53. The Bertz CT molecular complexity index is 471. The highest BCUT2D eigenvalue weighted by atomic mass is 79.9. The molecule has 0 unspecified atom stereocenters. The zero-order valence-corrected chi connectivity index (χ0v) is 12.2. The van der Waals surface area contributed by atoms with E-state index < -0.39 is 12.2 Å². The number of nitrogens with one attached hydrogen (secondary N) is 1. The standard InChI is InChI=1S/C13H17BrN2O3/c1-8-2-3-10(9(14)4-8)15-13(19)7-16-5-11(17)12(18)6-16/h2-4,11-12,17-18H,5-7H2,1H3,(H,15,19)/t11-,12+. The fourth-order valence-electron chi connectivity index (χ4n) is 2.09. The first-order valence-electron chi connectivity index (χ1n) is 6.10. The van der Waals surface area contributed by atoms with Gasteiger partial charge in [0.15, 0.2) is 0 Å². The molecule has 1 aliphatic rings. The number of hydrogen-bond donors (Lipinski definition) is 3. The maximum atomic E-state index is 11.9. The Morgan fingerprint density at radius 3 is 2.63 bits per heavy atom. The molecule has 1 aromatic carbocycles. The van der Waals surface area contributed by atoms with E-state index in [4.69, 9.17) is 0 Å². The molecule has 1 fully saturated rings. The maximum absolute atomic E-state index is 11.9. The van der Waals surface area contributed by atoms with Gasteiger partial charge in [-0.25, -0.2) is 0 Å². The number of nitrogens with zero attached hydrogens (tertiary/aromatic N) is 1. The highest BCUT2D eigenvalue weighted by molar-refractivity contribution is 9.10. The molecule has 104 valence electrons. The van der Waals surface area contributed by atoms with Crippen LogP contribution in [0.25, 0.3) is 0 Å². The molecule has 6 heteroatoms. The number of aliphatic hydroxyl groups is 2. The monoisotopic (exact) mass is 328 g/mol. The first-order valence-corrected chi connectivity index (χ1v) is 6.89. The third-order valence-electron chi connectivity index (χ3n) is 3.10. The van der Waals surface area contributed by atoms with Gasteiger partial charge >= 0.3 is 0 Å². The molecule has 1 amide bonds. The van der Waals surface area contributed by atoms with Crippen LogP contribution in [0.2, 0.25) is 0 Å². The molecule has 1 heterocycles. The second-order valence-corrected chi connectivity index (χ2v) is 5.71. The second-order valence-electron chi connectivity index (χ2n) is 4.86. The van der Waals surface area contributed by atoms with Crippen molar-refractivity contribution in [1.82, 2.24) is 4.90 Å². The Balaban J connectivity index is 1.91. The van der Waals surface area contributed by atoms with Crippen LogP contribution >= 0.6 is 15.9 Å².